The fourth-order valence-corrected chi connectivity index (χ4v) is 10.6. The van der Waals surface area contributed by atoms with Crippen molar-refractivity contribution in [1.82, 2.24) is 19.5 Å². The summed E-state index contributed by atoms with van der Waals surface area (Å²) in [6.45, 7) is 26.8. The van der Waals surface area contributed by atoms with Crippen LogP contribution in [-0.4, -0.2) is 24.6 Å². The van der Waals surface area contributed by atoms with Crippen LogP contribution in [0, 0.1) is 6.07 Å². The molecule has 0 amide bonds. The predicted molar refractivity (Wildman–Crippen MR) is 292 cm³/mol. The van der Waals surface area contributed by atoms with Crippen molar-refractivity contribution >= 4 is 42.7 Å². The Kier molecular flexibility index (Phi) is 12.5. The van der Waals surface area contributed by atoms with Crippen LogP contribution in [0.1, 0.15) is 105 Å². The quantitative estimate of drug-likeness (QED) is 0.169. The predicted octanol–water partition coefficient (Wildman–Crippen LogP) is 17.2. The largest absolute Gasteiger partial charge is 0.507 e. The Hall–Kier alpha value is -6.20. The summed E-state index contributed by atoms with van der Waals surface area (Å²) in [5.41, 5.74) is 16.2. The van der Waals surface area contributed by atoms with Crippen molar-refractivity contribution in [3.8, 4) is 67.5 Å². The number of fused-ring (bicyclic) bond motifs is 4. The molecule has 0 bridgehead atoms. The maximum Gasteiger partial charge on any atom is 0.148 e. The summed E-state index contributed by atoms with van der Waals surface area (Å²) >= 11 is 1.73. The minimum atomic E-state index is -0.338. The summed E-state index contributed by atoms with van der Waals surface area (Å²) in [7, 11) is 0. The Morgan fingerprint density at radius 2 is 1.14 bits per heavy atom. The summed E-state index contributed by atoms with van der Waals surface area (Å²) in [4.78, 5) is 15.6. The van der Waals surface area contributed by atoms with E-state index in [1.165, 1.54) is 21.4 Å². The zero-order chi connectivity index (χ0) is 48.8. The van der Waals surface area contributed by atoms with Gasteiger partial charge in [-0.05, 0) is 79.8 Å². The van der Waals surface area contributed by atoms with Gasteiger partial charge in [0.25, 0.3) is 0 Å². The van der Waals surface area contributed by atoms with Crippen molar-refractivity contribution in [3.05, 3.63) is 174 Å². The zero-order valence-corrected chi connectivity index (χ0v) is 45.4. The van der Waals surface area contributed by atoms with Crippen LogP contribution >= 0.6 is 11.3 Å². The number of aromatic hydroxyl groups is 1. The van der Waals surface area contributed by atoms with Crippen LogP contribution in [0.25, 0.3) is 93.0 Å². The smallest absolute Gasteiger partial charge is 0.148 e. The number of hydrogen-bond acceptors (Lipinski definition) is 5. The van der Waals surface area contributed by atoms with Gasteiger partial charge in [0.05, 0.1) is 27.8 Å². The van der Waals surface area contributed by atoms with Crippen LogP contribution in [0.15, 0.2) is 146 Å². The molecule has 3 aromatic heterocycles. The number of rotatable bonds is 6. The van der Waals surface area contributed by atoms with Crippen LogP contribution in [-0.2, 0) is 42.7 Å². The minimum absolute atomic E-state index is 0. The molecule has 0 saturated carbocycles. The normalized spacial score (nSPS) is 12.5. The second-order valence-electron chi connectivity index (χ2n) is 22.7. The van der Waals surface area contributed by atoms with Crippen molar-refractivity contribution in [2.24, 2.45) is 0 Å². The summed E-state index contributed by atoms with van der Waals surface area (Å²) < 4.78 is 4.49. The number of hydrogen-bond donors (Lipinski definition) is 1. The SMILES string of the molecule is CC(C)(C)c1cc(-c2cccc3c2nc(-c2cc(C(C)(C)C)cc(C(C)(C)C)c2O)n3-c2ccc(C(C)(C)C)cc2-c2ccccc2)[c-]c(-c2ncnc3c2sc2cc(-c4ccccc4)ccc23)c1.[Pt]. The van der Waals surface area contributed by atoms with Gasteiger partial charge in [0.1, 0.15) is 17.9 Å². The first-order chi connectivity index (χ1) is 32.6. The van der Waals surface area contributed by atoms with E-state index >= 15 is 0 Å². The number of thiophene rings is 1. The summed E-state index contributed by atoms with van der Waals surface area (Å²) in [5, 5.41) is 13.7. The molecule has 10 rings (SSSR count). The fraction of sp³-hybridized carbons (Fsp3) is 0.254. The third-order valence-electron chi connectivity index (χ3n) is 13.5. The summed E-state index contributed by atoms with van der Waals surface area (Å²) in [5.74, 6) is 0.925. The van der Waals surface area contributed by atoms with Crippen molar-refractivity contribution in [2.45, 2.75) is 105 Å². The van der Waals surface area contributed by atoms with E-state index in [2.05, 4.69) is 233 Å². The molecule has 0 spiro atoms. The molecule has 0 fully saturated rings. The first-order valence-electron chi connectivity index (χ1n) is 24.1. The number of imidazole rings is 1. The number of phenolic OH excluding ortho intramolecular Hbond substituents is 1. The van der Waals surface area contributed by atoms with Gasteiger partial charge in [-0.15, -0.1) is 40.7 Å². The molecule has 0 aliphatic carbocycles. The van der Waals surface area contributed by atoms with E-state index in [1.807, 2.05) is 0 Å². The molecule has 0 saturated heterocycles. The second kappa shape index (κ2) is 17.9. The Labute approximate surface area is 432 Å². The standard InChI is InChI=1S/C63H61N4OS.Pt/c1-60(2,3)43-27-29-51(48(34-43)39-22-17-14-18-23-39)67-52-25-19-24-46(55(52)66-59(67)49-35-45(62(7,8)9)36-50(57(49)68)63(10,11)12)41-30-42(32-44(31-41)61(4,5)6)54-58-56(65-37-64-54)47-28-26-40(33-53(47)69-58)38-20-15-13-16-21-38;/h13-29,31-37,68H,1-12H3;/q-1;. The van der Waals surface area contributed by atoms with E-state index in [4.69, 9.17) is 15.0 Å². The van der Waals surface area contributed by atoms with Crippen LogP contribution in [0.4, 0.5) is 0 Å². The number of para-hydroxylation sites is 1. The van der Waals surface area contributed by atoms with Crippen molar-refractivity contribution in [2.75, 3.05) is 0 Å². The average Bonchev–Trinajstić information content (AvgIpc) is 3.89. The van der Waals surface area contributed by atoms with Gasteiger partial charge in [0, 0.05) is 52.7 Å². The molecule has 0 radical (unpaired) electrons. The number of aromatic nitrogens is 4. The maximum absolute atomic E-state index is 12.6. The molecular weight excluding hydrogens is 1060 g/mol. The van der Waals surface area contributed by atoms with E-state index in [1.54, 1.807) is 17.7 Å². The number of nitrogens with zero attached hydrogens (tertiary/aromatic N) is 4. The molecule has 3 heterocycles. The van der Waals surface area contributed by atoms with Gasteiger partial charge in [-0.3, -0.25) is 9.55 Å². The van der Waals surface area contributed by atoms with E-state index in [0.717, 1.165) is 82.5 Å². The first-order valence-corrected chi connectivity index (χ1v) is 24.9. The van der Waals surface area contributed by atoms with Gasteiger partial charge in [-0.2, -0.15) is 0 Å². The van der Waals surface area contributed by atoms with Gasteiger partial charge in [-0.25, -0.2) is 9.97 Å². The molecule has 70 heavy (non-hydrogen) atoms. The van der Waals surface area contributed by atoms with Gasteiger partial charge in [0.2, 0.25) is 0 Å². The third kappa shape index (κ3) is 8.95. The molecule has 0 aliphatic rings. The summed E-state index contributed by atoms with van der Waals surface area (Å²) in [6, 6.07) is 53.9. The minimum Gasteiger partial charge on any atom is -0.507 e. The summed E-state index contributed by atoms with van der Waals surface area (Å²) in [6.07, 6.45) is 1.69. The Morgan fingerprint density at radius 1 is 0.514 bits per heavy atom. The molecule has 0 atom stereocenters. The Balaban J connectivity index is 0.00000608. The number of phenols is 1. The van der Waals surface area contributed by atoms with E-state index in [-0.39, 0.29) is 48.5 Å². The molecular formula is C63H61N4OPtS-. The second-order valence-corrected chi connectivity index (χ2v) is 23.8. The molecule has 10 aromatic rings. The van der Waals surface area contributed by atoms with Gasteiger partial charge in [-0.1, -0.05) is 191 Å². The number of benzene rings is 7. The molecule has 7 heteroatoms. The molecule has 0 unspecified atom stereocenters. The molecule has 5 nitrogen and oxygen atoms in total. The molecule has 0 aliphatic heterocycles. The molecule has 356 valence electrons. The Bertz CT molecular complexity index is 3600. The van der Waals surface area contributed by atoms with Crippen molar-refractivity contribution in [1.29, 1.82) is 0 Å². The van der Waals surface area contributed by atoms with Gasteiger partial charge >= 0.3 is 0 Å². The van der Waals surface area contributed by atoms with Gasteiger partial charge < -0.3 is 5.11 Å². The molecule has 7 aromatic carbocycles. The maximum atomic E-state index is 12.6. The Morgan fingerprint density at radius 3 is 1.80 bits per heavy atom. The molecule has 1 N–H and O–H groups in total. The topological polar surface area (TPSA) is 63.8 Å². The van der Waals surface area contributed by atoms with Crippen LogP contribution < -0.4 is 0 Å². The van der Waals surface area contributed by atoms with Gasteiger partial charge in [0.15, 0.2) is 0 Å². The van der Waals surface area contributed by atoms with Crippen molar-refractivity contribution in [3.63, 3.8) is 0 Å². The van der Waals surface area contributed by atoms with E-state index < -0.39 is 0 Å². The zero-order valence-electron chi connectivity index (χ0n) is 42.3. The van der Waals surface area contributed by atoms with Crippen LogP contribution in [0.3, 0.4) is 0 Å². The fourth-order valence-electron chi connectivity index (χ4n) is 9.45. The van der Waals surface area contributed by atoms with Crippen molar-refractivity contribution < 1.29 is 26.2 Å². The monoisotopic (exact) mass is 1120 g/mol. The van der Waals surface area contributed by atoms with E-state index in [9.17, 15) is 5.11 Å². The first kappa shape index (κ1) is 48.8. The third-order valence-corrected chi connectivity index (χ3v) is 14.7. The van der Waals surface area contributed by atoms with E-state index in [0.29, 0.717) is 11.4 Å². The van der Waals surface area contributed by atoms with Crippen LogP contribution in [0.5, 0.6) is 5.75 Å². The average molecular weight is 1120 g/mol. The van der Waals surface area contributed by atoms with Crippen LogP contribution in [0.2, 0.25) is 0 Å².